The number of nitrogens with zero attached hydrogens (tertiary/aromatic N) is 1. The second-order valence-corrected chi connectivity index (χ2v) is 3.51. The number of rotatable bonds is 6. The number of nitrogens with one attached hydrogen (secondary N) is 1. The van der Waals surface area contributed by atoms with Gasteiger partial charge in [0.1, 0.15) is 12.6 Å². The maximum atomic E-state index is 9.99. The SMILES string of the molecule is CN(CC(=O)O)C(=N)N.N[C@@H](CCC(=O)O)C(=O)O. The van der Waals surface area contributed by atoms with Gasteiger partial charge in [-0.2, -0.15) is 0 Å². The third-order valence-corrected chi connectivity index (χ3v) is 1.77. The number of carboxylic acid groups (broad SMARTS) is 3. The molecule has 10 heteroatoms. The Morgan fingerprint density at radius 2 is 1.68 bits per heavy atom. The number of hydrogen-bond acceptors (Lipinski definition) is 5. The first-order chi connectivity index (χ1) is 8.57. The van der Waals surface area contributed by atoms with E-state index in [1.165, 1.54) is 7.05 Å². The lowest BCUT2D eigenvalue weighted by molar-refractivity contribution is -0.140. The van der Waals surface area contributed by atoms with Gasteiger partial charge in [0, 0.05) is 13.5 Å². The van der Waals surface area contributed by atoms with Crippen LogP contribution in [0.2, 0.25) is 0 Å². The molecule has 0 fully saturated rings. The van der Waals surface area contributed by atoms with Gasteiger partial charge in [0.2, 0.25) is 0 Å². The lowest BCUT2D eigenvalue weighted by atomic mass is 10.2. The summed E-state index contributed by atoms with van der Waals surface area (Å²) in [5.74, 6) is -3.43. The fourth-order valence-corrected chi connectivity index (χ4v) is 0.691. The Balaban J connectivity index is 0. The average molecular weight is 278 g/mol. The Kier molecular flexibility index (Phi) is 9.64. The van der Waals surface area contributed by atoms with E-state index in [1.54, 1.807) is 0 Å². The van der Waals surface area contributed by atoms with Crippen LogP contribution < -0.4 is 11.5 Å². The van der Waals surface area contributed by atoms with Crippen molar-refractivity contribution in [1.29, 1.82) is 5.41 Å². The third kappa shape index (κ3) is 13.6. The van der Waals surface area contributed by atoms with E-state index in [1.807, 2.05) is 0 Å². The number of aliphatic carboxylic acids is 3. The fraction of sp³-hybridized carbons (Fsp3) is 0.556. The van der Waals surface area contributed by atoms with Crippen molar-refractivity contribution >= 4 is 23.9 Å². The topological polar surface area (TPSA) is 191 Å². The minimum Gasteiger partial charge on any atom is -0.481 e. The van der Waals surface area contributed by atoms with E-state index in [0.29, 0.717) is 0 Å². The molecular formula is C9H18N4O6. The molecule has 0 aliphatic rings. The summed E-state index contributed by atoms with van der Waals surface area (Å²) in [5.41, 5.74) is 9.93. The normalized spacial score (nSPS) is 10.6. The zero-order chi connectivity index (χ0) is 15.6. The maximum absolute atomic E-state index is 9.99. The molecule has 110 valence electrons. The predicted molar refractivity (Wildman–Crippen MR) is 64.7 cm³/mol. The van der Waals surface area contributed by atoms with Gasteiger partial charge in [-0.05, 0) is 6.42 Å². The quantitative estimate of drug-likeness (QED) is 0.239. The van der Waals surface area contributed by atoms with Crippen molar-refractivity contribution in [2.75, 3.05) is 13.6 Å². The van der Waals surface area contributed by atoms with Gasteiger partial charge >= 0.3 is 17.9 Å². The van der Waals surface area contributed by atoms with Gasteiger partial charge in [0.25, 0.3) is 0 Å². The van der Waals surface area contributed by atoms with E-state index < -0.39 is 23.9 Å². The van der Waals surface area contributed by atoms with Crippen molar-refractivity contribution < 1.29 is 29.7 Å². The summed E-state index contributed by atoms with van der Waals surface area (Å²) < 4.78 is 0. The van der Waals surface area contributed by atoms with Crippen molar-refractivity contribution in [1.82, 2.24) is 4.90 Å². The minimum atomic E-state index is -1.17. The molecule has 0 aliphatic carbocycles. The Morgan fingerprint density at radius 1 is 1.21 bits per heavy atom. The summed E-state index contributed by atoms with van der Waals surface area (Å²) in [6.07, 6.45) is -0.224. The van der Waals surface area contributed by atoms with Gasteiger partial charge in [-0.1, -0.05) is 0 Å². The van der Waals surface area contributed by atoms with Crippen LogP contribution >= 0.6 is 0 Å². The monoisotopic (exact) mass is 278 g/mol. The summed E-state index contributed by atoms with van der Waals surface area (Å²) in [5, 5.41) is 31.1. The lowest BCUT2D eigenvalue weighted by Gasteiger charge is -2.12. The van der Waals surface area contributed by atoms with Crippen LogP contribution in [0.1, 0.15) is 12.8 Å². The highest BCUT2D eigenvalue weighted by molar-refractivity contribution is 5.80. The zero-order valence-corrected chi connectivity index (χ0v) is 10.4. The molecule has 0 amide bonds. The molecule has 0 aromatic carbocycles. The van der Waals surface area contributed by atoms with Crippen molar-refractivity contribution in [3.63, 3.8) is 0 Å². The van der Waals surface area contributed by atoms with Gasteiger partial charge in [0.15, 0.2) is 5.96 Å². The van der Waals surface area contributed by atoms with Crippen molar-refractivity contribution in [2.45, 2.75) is 18.9 Å². The van der Waals surface area contributed by atoms with Crippen molar-refractivity contribution in [2.24, 2.45) is 11.5 Å². The largest absolute Gasteiger partial charge is 0.481 e. The Labute approximate surface area is 109 Å². The molecule has 0 radical (unpaired) electrons. The predicted octanol–water partition coefficient (Wildman–Crippen LogP) is -1.84. The molecule has 0 aliphatic heterocycles. The summed E-state index contributed by atoms with van der Waals surface area (Å²) in [4.78, 5) is 30.9. The van der Waals surface area contributed by atoms with Crippen LogP contribution in [-0.4, -0.2) is 63.7 Å². The van der Waals surface area contributed by atoms with Crippen LogP contribution in [0.3, 0.4) is 0 Å². The molecule has 0 aromatic heterocycles. The first-order valence-corrected chi connectivity index (χ1v) is 5.05. The van der Waals surface area contributed by atoms with Crippen LogP contribution in [0.15, 0.2) is 0 Å². The maximum Gasteiger partial charge on any atom is 0.323 e. The van der Waals surface area contributed by atoms with E-state index in [9.17, 15) is 14.4 Å². The Hall–Kier alpha value is -2.36. The molecule has 0 bridgehead atoms. The smallest absolute Gasteiger partial charge is 0.323 e. The summed E-state index contributed by atoms with van der Waals surface area (Å²) in [6.45, 7) is -0.227. The zero-order valence-electron chi connectivity index (χ0n) is 10.4. The highest BCUT2D eigenvalue weighted by atomic mass is 16.4. The highest BCUT2D eigenvalue weighted by Gasteiger charge is 2.12. The van der Waals surface area contributed by atoms with Crippen LogP contribution in [-0.2, 0) is 14.4 Å². The van der Waals surface area contributed by atoms with Gasteiger partial charge in [-0.25, -0.2) is 0 Å². The molecule has 0 unspecified atom stereocenters. The lowest BCUT2D eigenvalue weighted by Crippen LogP contribution is -2.36. The molecule has 0 saturated heterocycles. The molecule has 8 N–H and O–H groups in total. The van der Waals surface area contributed by atoms with E-state index >= 15 is 0 Å². The van der Waals surface area contributed by atoms with Gasteiger partial charge < -0.3 is 31.7 Å². The number of carbonyl (C=O) groups is 3. The first kappa shape index (κ1) is 19.0. The van der Waals surface area contributed by atoms with E-state index in [-0.39, 0.29) is 25.3 Å². The van der Waals surface area contributed by atoms with Crippen LogP contribution in [0.4, 0.5) is 0 Å². The van der Waals surface area contributed by atoms with Crippen LogP contribution in [0, 0.1) is 5.41 Å². The van der Waals surface area contributed by atoms with E-state index in [2.05, 4.69) is 0 Å². The Bertz CT molecular complexity index is 346. The highest BCUT2D eigenvalue weighted by Crippen LogP contribution is 1.93. The summed E-state index contributed by atoms with van der Waals surface area (Å²) in [6, 6.07) is -1.06. The second kappa shape index (κ2) is 9.65. The van der Waals surface area contributed by atoms with Gasteiger partial charge in [-0.15, -0.1) is 0 Å². The molecule has 0 spiro atoms. The number of hydrogen-bond donors (Lipinski definition) is 6. The number of likely N-dealkylation sites (N-methyl/N-ethyl adjacent to an activating group) is 1. The molecule has 0 heterocycles. The molecule has 19 heavy (non-hydrogen) atoms. The summed E-state index contributed by atoms with van der Waals surface area (Å²) >= 11 is 0. The fourth-order valence-electron chi connectivity index (χ4n) is 0.691. The standard InChI is InChI=1S/C5H9NO4.C4H9N3O2/c6-3(5(9)10)1-2-4(7)8;1-7(4(5)6)2-3(8)9/h3H,1-2,6H2,(H,7,8)(H,9,10);2H2,1H3,(H3,5,6)(H,8,9)/t3-;/m0./s1. The minimum absolute atomic E-state index is 0.0231. The number of carboxylic acids is 3. The van der Waals surface area contributed by atoms with E-state index in [4.69, 9.17) is 32.2 Å². The van der Waals surface area contributed by atoms with Crippen molar-refractivity contribution in [3.8, 4) is 0 Å². The molecule has 0 saturated carbocycles. The van der Waals surface area contributed by atoms with Crippen LogP contribution in [0.25, 0.3) is 0 Å². The molecule has 10 nitrogen and oxygen atoms in total. The summed E-state index contributed by atoms with van der Waals surface area (Å²) in [7, 11) is 1.44. The molecule has 1 atom stereocenters. The van der Waals surface area contributed by atoms with E-state index in [0.717, 1.165) is 4.90 Å². The van der Waals surface area contributed by atoms with Crippen molar-refractivity contribution in [3.05, 3.63) is 0 Å². The second-order valence-electron chi connectivity index (χ2n) is 3.51. The van der Waals surface area contributed by atoms with Gasteiger partial charge in [0.05, 0.1) is 0 Å². The number of nitrogens with two attached hydrogens (primary N) is 2. The van der Waals surface area contributed by atoms with Gasteiger partial charge in [-0.3, -0.25) is 19.8 Å². The van der Waals surface area contributed by atoms with Crippen LogP contribution in [0.5, 0.6) is 0 Å². The average Bonchev–Trinajstić information content (AvgIpc) is 2.25. The number of guanidine groups is 1. The third-order valence-electron chi connectivity index (χ3n) is 1.77. The molecule has 0 aromatic rings. The molecule has 0 rings (SSSR count). The Morgan fingerprint density at radius 3 is 1.89 bits per heavy atom. The molecular weight excluding hydrogens is 260 g/mol. The first-order valence-electron chi connectivity index (χ1n) is 5.05.